The van der Waals surface area contributed by atoms with Gasteiger partial charge in [0.1, 0.15) is 13.2 Å². The minimum atomic E-state index is -0.664. The summed E-state index contributed by atoms with van der Waals surface area (Å²) in [7, 11) is 0. The molecular weight excluding hydrogens is 304 g/mol. The van der Waals surface area contributed by atoms with Crippen molar-refractivity contribution in [1.29, 1.82) is 0 Å². The molecule has 0 aromatic heterocycles. The van der Waals surface area contributed by atoms with Crippen LogP contribution in [-0.4, -0.2) is 25.2 Å². The zero-order valence-electron chi connectivity index (χ0n) is 13.5. The molecule has 0 heterocycles. The Hall–Kier alpha value is -3.14. The lowest BCUT2D eigenvalue weighted by atomic mass is 9.97. The predicted molar refractivity (Wildman–Crippen MR) is 96.9 cm³/mol. The van der Waals surface area contributed by atoms with Crippen molar-refractivity contribution in [3.05, 3.63) is 79.4 Å². The van der Waals surface area contributed by atoms with Gasteiger partial charge in [-0.05, 0) is 22.8 Å². The third-order valence-corrected chi connectivity index (χ3v) is 2.98. The second kappa shape index (κ2) is 9.79. The van der Waals surface area contributed by atoms with E-state index in [1.165, 1.54) is 12.2 Å². The van der Waals surface area contributed by atoms with Gasteiger partial charge in [-0.3, -0.25) is 0 Å². The minimum absolute atomic E-state index is 0.0338. The lowest BCUT2D eigenvalue weighted by Gasteiger charge is -2.11. The molecule has 124 valence electrons. The van der Waals surface area contributed by atoms with Gasteiger partial charge in [0.2, 0.25) is 0 Å². The number of esters is 2. The van der Waals surface area contributed by atoms with Crippen molar-refractivity contribution in [2.45, 2.75) is 0 Å². The minimum Gasteiger partial charge on any atom is -0.458 e. The van der Waals surface area contributed by atoms with Crippen molar-refractivity contribution in [2.75, 3.05) is 13.2 Å². The van der Waals surface area contributed by atoms with Gasteiger partial charge in [-0.1, -0.05) is 62.8 Å². The van der Waals surface area contributed by atoms with E-state index in [1.807, 2.05) is 0 Å². The van der Waals surface area contributed by atoms with Crippen molar-refractivity contribution < 1.29 is 19.1 Å². The van der Waals surface area contributed by atoms with Gasteiger partial charge in [0, 0.05) is 6.08 Å². The summed E-state index contributed by atoms with van der Waals surface area (Å²) in [6.45, 7) is 14.5. The molecule has 4 heteroatoms. The van der Waals surface area contributed by atoms with E-state index >= 15 is 0 Å². The molecule has 0 saturated heterocycles. The van der Waals surface area contributed by atoms with Gasteiger partial charge in [0.05, 0.1) is 5.57 Å². The average molecular weight is 324 g/mol. The molecule has 1 aromatic rings. The maximum absolute atomic E-state index is 12.3. The van der Waals surface area contributed by atoms with Crippen LogP contribution >= 0.6 is 0 Å². The first-order valence-electron chi connectivity index (χ1n) is 7.24. The van der Waals surface area contributed by atoms with Gasteiger partial charge in [0.25, 0.3) is 0 Å². The Morgan fingerprint density at radius 2 is 1.62 bits per heavy atom. The second-order valence-electron chi connectivity index (χ2n) is 4.62. The molecule has 0 radical (unpaired) electrons. The predicted octanol–water partition coefficient (Wildman–Crippen LogP) is 3.81. The Balaban J connectivity index is 3.33. The molecule has 0 bridgehead atoms. The maximum Gasteiger partial charge on any atom is 0.339 e. The molecule has 0 atom stereocenters. The van der Waals surface area contributed by atoms with Gasteiger partial charge in [-0.25, -0.2) is 9.59 Å². The highest BCUT2D eigenvalue weighted by atomic mass is 16.5. The second-order valence-corrected chi connectivity index (χ2v) is 4.62. The van der Waals surface area contributed by atoms with Crippen LogP contribution in [0, 0.1) is 0 Å². The van der Waals surface area contributed by atoms with E-state index in [1.54, 1.807) is 30.4 Å². The van der Waals surface area contributed by atoms with Crippen LogP contribution < -0.4 is 0 Å². The third kappa shape index (κ3) is 5.25. The van der Waals surface area contributed by atoms with Crippen molar-refractivity contribution >= 4 is 29.7 Å². The highest BCUT2D eigenvalue weighted by molar-refractivity contribution is 6.21. The highest BCUT2D eigenvalue weighted by Gasteiger charge is 2.18. The van der Waals surface area contributed by atoms with Gasteiger partial charge >= 0.3 is 11.9 Å². The van der Waals surface area contributed by atoms with Gasteiger partial charge in [0.15, 0.2) is 0 Å². The van der Waals surface area contributed by atoms with Gasteiger partial charge in [-0.2, -0.15) is 0 Å². The maximum atomic E-state index is 12.3. The van der Waals surface area contributed by atoms with E-state index in [9.17, 15) is 9.59 Å². The SMILES string of the molecule is C=CCOC(=O)/C=C(\C(=O)OCC=C)c1ccc(C=C)cc1C=C. The molecule has 0 aliphatic rings. The summed E-state index contributed by atoms with van der Waals surface area (Å²) in [5, 5.41) is 0. The van der Waals surface area contributed by atoms with Crippen molar-refractivity contribution in [1.82, 2.24) is 0 Å². The molecule has 0 amide bonds. The molecule has 0 unspecified atom stereocenters. The first-order valence-corrected chi connectivity index (χ1v) is 7.24. The average Bonchev–Trinajstić information content (AvgIpc) is 2.61. The van der Waals surface area contributed by atoms with Crippen LogP contribution in [-0.2, 0) is 19.1 Å². The summed E-state index contributed by atoms with van der Waals surface area (Å²) in [5.41, 5.74) is 2.13. The van der Waals surface area contributed by atoms with Crippen LogP contribution in [0.4, 0.5) is 0 Å². The molecule has 0 fully saturated rings. The molecule has 1 aromatic carbocycles. The monoisotopic (exact) mass is 324 g/mol. The van der Waals surface area contributed by atoms with E-state index in [0.29, 0.717) is 11.1 Å². The van der Waals surface area contributed by atoms with Crippen LogP contribution in [0.25, 0.3) is 17.7 Å². The molecular formula is C20H20O4. The Kier molecular flexibility index (Phi) is 7.71. The summed E-state index contributed by atoms with van der Waals surface area (Å²) in [5.74, 6) is -1.32. The quantitative estimate of drug-likeness (QED) is 0.394. The summed E-state index contributed by atoms with van der Waals surface area (Å²) in [6, 6.07) is 5.29. The Bertz CT molecular complexity index is 696. The number of carbonyl (C=O) groups excluding carboxylic acids is 2. The zero-order valence-corrected chi connectivity index (χ0v) is 13.5. The lowest BCUT2D eigenvalue weighted by Crippen LogP contribution is -2.11. The molecule has 0 saturated carbocycles. The molecule has 0 aliphatic carbocycles. The first kappa shape index (κ1) is 18.9. The zero-order chi connectivity index (χ0) is 17.9. The fourth-order valence-corrected chi connectivity index (χ4v) is 1.88. The first-order chi connectivity index (χ1) is 11.6. The number of hydrogen-bond donors (Lipinski definition) is 0. The van der Waals surface area contributed by atoms with Gasteiger partial charge < -0.3 is 9.47 Å². The van der Waals surface area contributed by atoms with E-state index in [2.05, 4.69) is 26.3 Å². The summed E-state index contributed by atoms with van der Waals surface area (Å²) < 4.78 is 9.97. The molecule has 0 spiro atoms. The van der Waals surface area contributed by atoms with E-state index in [0.717, 1.165) is 11.6 Å². The van der Waals surface area contributed by atoms with Crippen molar-refractivity contribution in [3.8, 4) is 0 Å². The largest absolute Gasteiger partial charge is 0.458 e. The van der Waals surface area contributed by atoms with E-state index in [-0.39, 0.29) is 18.8 Å². The van der Waals surface area contributed by atoms with E-state index in [4.69, 9.17) is 9.47 Å². The van der Waals surface area contributed by atoms with Crippen LogP contribution in [0.5, 0.6) is 0 Å². The van der Waals surface area contributed by atoms with Crippen molar-refractivity contribution in [3.63, 3.8) is 0 Å². The van der Waals surface area contributed by atoms with Crippen LogP contribution in [0.1, 0.15) is 16.7 Å². The van der Waals surface area contributed by atoms with Gasteiger partial charge in [-0.15, -0.1) is 0 Å². The fourth-order valence-electron chi connectivity index (χ4n) is 1.88. The highest BCUT2D eigenvalue weighted by Crippen LogP contribution is 2.24. The lowest BCUT2D eigenvalue weighted by molar-refractivity contribution is -0.138. The molecule has 1 rings (SSSR count). The Morgan fingerprint density at radius 3 is 2.21 bits per heavy atom. The van der Waals surface area contributed by atoms with Crippen LogP contribution in [0.15, 0.2) is 62.7 Å². The summed E-state index contributed by atoms with van der Waals surface area (Å²) in [6.07, 6.45) is 7.25. The normalized spacial score (nSPS) is 10.4. The molecule has 24 heavy (non-hydrogen) atoms. The molecule has 0 aliphatic heterocycles. The van der Waals surface area contributed by atoms with E-state index < -0.39 is 11.9 Å². The third-order valence-electron chi connectivity index (χ3n) is 2.98. The van der Waals surface area contributed by atoms with Crippen LogP contribution in [0.2, 0.25) is 0 Å². The summed E-state index contributed by atoms with van der Waals surface area (Å²) >= 11 is 0. The number of hydrogen-bond acceptors (Lipinski definition) is 4. The fraction of sp³-hybridized carbons (Fsp3) is 0.100. The number of ether oxygens (including phenoxy) is 2. The molecule has 0 N–H and O–H groups in total. The number of carbonyl (C=O) groups is 2. The standard InChI is InChI=1S/C20H20O4/c1-5-11-23-19(21)14-18(20(22)24-12-6-2)17-10-9-15(7-3)13-16(17)8-4/h5-10,13-14H,1-4,11-12H2/b18-14-. The Labute approximate surface area is 142 Å². The van der Waals surface area contributed by atoms with Crippen LogP contribution in [0.3, 0.4) is 0 Å². The molecule has 4 nitrogen and oxygen atoms in total. The number of rotatable bonds is 9. The topological polar surface area (TPSA) is 52.6 Å². The number of benzene rings is 1. The van der Waals surface area contributed by atoms with Crippen molar-refractivity contribution in [2.24, 2.45) is 0 Å². The Morgan fingerprint density at radius 1 is 0.958 bits per heavy atom. The smallest absolute Gasteiger partial charge is 0.339 e. The summed E-state index contributed by atoms with van der Waals surface area (Å²) in [4.78, 5) is 24.2.